The van der Waals surface area contributed by atoms with E-state index < -0.39 is 0 Å². The fraction of sp³-hybridized carbons (Fsp3) is 0.688. The van der Waals surface area contributed by atoms with E-state index in [1.807, 2.05) is 6.20 Å². The lowest BCUT2D eigenvalue weighted by Gasteiger charge is -2.44. The number of fused-ring (bicyclic) bond motifs is 1. The molecule has 98 valence electrons. The van der Waals surface area contributed by atoms with Gasteiger partial charge in [-0.1, -0.05) is 19.9 Å². The van der Waals surface area contributed by atoms with Crippen LogP contribution in [0.4, 0.5) is 0 Å². The summed E-state index contributed by atoms with van der Waals surface area (Å²) in [5.41, 5.74) is 9.52. The third-order valence-corrected chi connectivity index (χ3v) is 4.91. The molecule has 1 aromatic rings. The standard InChI is InChI=1S/C16H24N2/c1-11-8-12(2)10-16(17,9-11)14-6-5-13-4-3-7-18-15(13)14/h3-4,7,11-12,14H,5-6,8-10,17H2,1-2H3. The minimum Gasteiger partial charge on any atom is -0.324 e. The van der Waals surface area contributed by atoms with E-state index in [4.69, 9.17) is 5.73 Å². The lowest BCUT2D eigenvalue weighted by molar-refractivity contribution is 0.153. The van der Waals surface area contributed by atoms with Crippen molar-refractivity contribution in [3.63, 3.8) is 0 Å². The van der Waals surface area contributed by atoms with Crippen LogP contribution >= 0.6 is 0 Å². The van der Waals surface area contributed by atoms with Crippen LogP contribution in [0.1, 0.15) is 56.7 Å². The van der Waals surface area contributed by atoms with Gasteiger partial charge in [-0.25, -0.2) is 0 Å². The van der Waals surface area contributed by atoms with E-state index in [0.717, 1.165) is 31.1 Å². The van der Waals surface area contributed by atoms with E-state index in [9.17, 15) is 0 Å². The second kappa shape index (κ2) is 4.34. The van der Waals surface area contributed by atoms with Crippen LogP contribution in [0.5, 0.6) is 0 Å². The summed E-state index contributed by atoms with van der Waals surface area (Å²) in [6, 6.07) is 4.28. The Balaban J connectivity index is 1.91. The quantitative estimate of drug-likeness (QED) is 0.823. The van der Waals surface area contributed by atoms with Crippen LogP contribution in [0.15, 0.2) is 18.3 Å². The Morgan fingerprint density at radius 2 is 2.00 bits per heavy atom. The number of rotatable bonds is 1. The summed E-state index contributed by atoms with van der Waals surface area (Å²) in [6.07, 6.45) is 7.95. The summed E-state index contributed by atoms with van der Waals surface area (Å²) < 4.78 is 0. The predicted octanol–water partition coefficient (Wildman–Crippen LogP) is 3.27. The Morgan fingerprint density at radius 1 is 1.28 bits per heavy atom. The molecule has 0 spiro atoms. The van der Waals surface area contributed by atoms with Crippen molar-refractivity contribution in [1.29, 1.82) is 0 Å². The van der Waals surface area contributed by atoms with Crippen molar-refractivity contribution >= 4 is 0 Å². The smallest absolute Gasteiger partial charge is 0.0484 e. The van der Waals surface area contributed by atoms with Gasteiger partial charge >= 0.3 is 0 Å². The van der Waals surface area contributed by atoms with E-state index in [2.05, 4.69) is 31.0 Å². The Kier molecular flexibility index (Phi) is 2.93. The maximum Gasteiger partial charge on any atom is 0.0484 e. The highest BCUT2D eigenvalue weighted by Crippen LogP contribution is 2.47. The summed E-state index contributed by atoms with van der Waals surface area (Å²) in [5, 5.41) is 0. The van der Waals surface area contributed by atoms with E-state index in [1.54, 1.807) is 0 Å². The van der Waals surface area contributed by atoms with Gasteiger partial charge in [0.15, 0.2) is 0 Å². The molecule has 2 N–H and O–H groups in total. The van der Waals surface area contributed by atoms with Crippen molar-refractivity contribution in [1.82, 2.24) is 4.98 Å². The van der Waals surface area contributed by atoms with Crippen LogP contribution in [0.25, 0.3) is 0 Å². The van der Waals surface area contributed by atoms with Gasteiger partial charge in [-0.05, 0) is 55.6 Å². The summed E-state index contributed by atoms with van der Waals surface area (Å²) in [7, 11) is 0. The molecule has 1 aromatic heterocycles. The third kappa shape index (κ3) is 1.97. The van der Waals surface area contributed by atoms with Crippen LogP contribution < -0.4 is 5.73 Å². The summed E-state index contributed by atoms with van der Waals surface area (Å²) in [5.74, 6) is 2.00. The molecule has 1 fully saturated rings. The van der Waals surface area contributed by atoms with E-state index in [-0.39, 0.29) is 5.54 Å². The monoisotopic (exact) mass is 244 g/mol. The first kappa shape index (κ1) is 12.2. The SMILES string of the molecule is CC1CC(C)CC(N)(C2CCc3cccnc32)C1. The first-order valence-corrected chi connectivity index (χ1v) is 7.31. The zero-order valence-corrected chi connectivity index (χ0v) is 11.5. The van der Waals surface area contributed by atoms with Crippen LogP contribution in [0.2, 0.25) is 0 Å². The minimum absolute atomic E-state index is 0.0172. The number of hydrogen-bond donors (Lipinski definition) is 1. The number of pyridine rings is 1. The molecule has 2 aliphatic carbocycles. The highest BCUT2D eigenvalue weighted by molar-refractivity contribution is 5.32. The Morgan fingerprint density at radius 3 is 2.72 bits per heavy atom. The molecule has 18 heavy (non-hydrogen) atoms. The van der Waals surface area contributed by atoms with Gasteiger partial charge in [0.1, 0.15) is 0 Å². The summed E-state index contributed by atoms with van der Waals surface area (Å²) in [4.78, 5) is 4.63. The van der Waals surface area contributed by atoms with Gasteiger partial charge < -0.3 is 5.73 Å². The second-order valence-corrected chi connectivity index (χ2v) is 6.73. The van der Waals surface area contributed by atoms with Crippen molar-refractivity contribution in [3.8, 4) is 0 Å². The van der Waals surface area contributed by atoms with Crippen LogP contribution in [0.3, 0.4) is 0 Å². The van der Waals surface area contributed by atoms with Gasteiger partial charge in [-0.2, -0.15) is 0 Å². The van der Waals surface area contributed by atoms with Crippen molar-refractivity contribution in [2.24, 2.45) is 17.6 Å². The number of hydrogen-bond acceptors (Lipinski definition) is 2. The molecule has 0 aliphatic heterocycles. The molecule has 0 amide bonds. The molecule has 2 heteroatoms. The van der Waals surface area contributed by atoms with E-state index in [0.29, 0.717) is 5.92 Å². The highest BCUT2D eigenvalue weighted by Gasteiger charge is 2.44. The minimum atomic E-state index is -0.0172. The molecular formula is C16H24N2. The number of aromatic nitrogens is 1. The molecule has 2 aliphatic rings. The Labute approximate surface area is 110 Å². The van der Waals surface area contributed by atoms with Gasteiger partial charge in [-0.15, -0.1) is 0 Å². The summed E-state index contributed by atoms with van der Waals surface area (Å²) >= 11 is 0. The average molecular weight is 244 g/mol. The third-order valence-electron chi connectivity index (χ3n) is 4.91. The molecule has 1 saturated carbocycles. The van der Waals surface area contributed by atoms with E-state index >= 15 is 0 Å². The molecule has 1 heterocycles. The first-order chi connectivity index (χ1) is 8.58. The van der Waals surface area contributed by atoms with E-state index in [1.165, 1.54) is 24.1 Å². The van der Waals surface area contributed by atoms with Gasteiger partial charge in [0.05, 0.1) is 0 Å². The molecule has 3 atom stereocenters. The first-order valence-electron chi connectivity index (χ1n) is 7.31. The van der Waals surface area contributed by atoms with Gasteiger partial charge in [0.25, 0.3) is 0 Å². The highest BCUT2D eigenvalue weighted by atomic mass is 14.8. The fourth-order valence-electron chi connectivity index (χ4n) is 4.49. The number of aryl methyl sites for hydroxylation is 1. The zero-order chi connectivity index (χ0) is 12.8. The molecule has 0 bridgehead atoms. The zero-order valence-electron chi connectivity index (χ0n) is 11.5. The number of nitrogens with zero attached hydrogens (tertiary/aromatic N) is 1. The van der Waals surface area contributed by atoms with Gasteiger partial charge in [-0.3, -0.25) is 4.98 Å². The predicted molar refractivity (Wildman–Crippen MR) is 74.4 cm³/mol. The van der Waals surface area contributed by atoms with Crippen molar-refractivity contribution in [2.75, 3.05) is 0 Å². The van der Waals surface area contributed by atoms with Gasteiger partial charge in [0, 0.05) is 23.3 Å². The molecule has 3 unspecified atom stereocenters. The molecule has 2 nitrogen and oxygen atoms in total. The molecule has 0 saturated heterocycles. The van der Waals surface area contributed by atoms with Crippen molar-refractivity contribution in [3.05, 3.63) is 29.6 Å². The average Bonchev–Trinajstić information content (AvgIpc) is 2.71. The number of nitrogens with two attached hydrogens (primary N) is 1. The molecule has 3 rings (SSSR count). The van der Waals surface area contributed by atoms with Gasteiger partial charge in [0.2, 0.25) is 0 Å². The van der Waals surface area contributed by atoms with Crippen LogP contribution in [-0.4, -0.2) is 10.5 Å². The fourth-order valence-corrected chi connectivity index (χ4v) is 4.49. The Hall–Kier alpha value is -0.890. The van der Waals surface area contributed by atoms with Crippen LogP contribution in [0, 0.1) is 11.8 Å². The van der Waals surface area contributed by atoms with Crippen molar-refractivity contribution < 1.29 is 0 Å². The summed E-state index contributed by atoms with van der Waals surface area (Å²) in [6.45, 7) is 4.71. The molecule has 0 radical (unpaired) electrons. The molecule has 0 aromatic carbocycles. The van der Waals surface area contributed by atoms with Crippen molar-refractivity contribution in [2.45, 2.75) is 57.4 Å². The maximum atomic E-state index is 6.82. The molecular weight excluding hydrogens is 220 g/mol. The largest absolute Gasteiger partial charge is 0.324 e. The maximum absolute atomic E-state index is 6.82. The van der Waals surface area contributed by atoms with Crippen LogP contribution in [-0.2, 0) is 6.42 Å². The Bertz CT molecular complexity index is 430. The lowest BCUT2D eigenvalue weighted by Crippen LogP contribution is -2.50. The topological polar surface area (TPSA) is 38.9 Å². The lowest BCUT2D eigenvalue weighted by atomic mass is 9.66. The normalized spacial score (nSPS) is 39.6. The second-order valence-electron chi connectivity index (χ2n) is 6.73.